The topological polar surface area (TPSA) is 12.4 Å². The minimum Gasteiger partial charge on any atom is -0.276 e. The number of benzene rings is 1. The van der Waals surface area contributed by atoms with E-state index in [0.717, 1.165) is 12.1 Å². The van der Waals surface area contributed by atoms with Crippen molar-refractivity contribution in [3.63, 3.8) is 0 Å². The van der Waals surface area contributed by atoms with Crippen LogP contribution in [0.5, 0.6) is 0 Å². The highest BCUT2D eigenvalue weighted by atomic mass is 14.8. The van der Waals surface area contributed by atoms with Crippen LogP contribution in [0.1, 0.15) is 55.4 Å². The van der Waals surface area contributed by atoms with E-state index in [1.807, 2.05) is 6.08 Å². The zero-order chi connectivity index (χ0) is 16.7. The van der Waals surface area contributed by atoms with Gasteiger partial charge in [0.2, 0.25) is 0 Å². The van der Waals surface area contributed by atoms with Crippen molar-refractivity contribution in [2.45, 2.75) is 53.0 Å². The number of rotatable bonds is 2. The van der Waals surface area contributed by atoms with E-state index in [1.54, 1.807) is 0 Å². The fraction of sp³-hybridized carbons (Fsp3) is 0.409. The Morgan fingerprint density at radius 3 is 2.61 bits per heavy atom. The number of allylic oxidation sites excluding steroid dienone is 4. The van der Waals surface area contributed by atoms with Gasteiger partial charge < -0.3 is 0 Å². The Balaban J connectivity index is 2.27. The monoisotopic (exact) mass is 305 g/mol. The first-order valence-corrected chi connectivity index (χ1v) is 8.63. The molecule has 0 N–H and O–H groups in total. The number of aliphatic imine (C=N–C) groups is 1. The predicted molar refractivity (Wildman–Crippen MR) is 100 cm³/mol. The molecular weight excluding hydrogens is 278 g/mol. The van der Waals surface area contributed by atoms with Crippen molar-refractivity contribution >= 4 is 5.71 Å². The van der Waals surface area contributed by atoms with Gasteiger partial charge in [-0.05, 0) is 55.9 Å². The molecule has 2 unspecified atom stereocenters. The largest absolute Gasteiger partial charge is 0.276 e. The van der Waals surface area contributed by atoms with E-state index < -0.39 is 0 Å². The normalized spacial score (nSPS) is 26.8. The van der Waals surface area contributed by atoms with Crippen LogP contribution in [-0.4, -0.2) is 11.8 Å². The van der Waals surface area contributed by atoms with E-state index in [4.69, 9.17) is 4.99 Å². The fourth-order valence-corrected chi connectivity index (χ4v) is 3.98. The summed E-state index contributed by atoms with van der Waals surface area (Å²) in [5.41, 5.74) is 9.37. The summed E-state index contributed by atoms with van der Waals surface area (Å²) in [4.78, 5) is 5.10. The van der Waals surface area contributed by atoms with Crippen LogP contribution in [0.2, 0.25) is 0 Å². The molecule has 120 valence electrons. The molecular formula is C22H27N. The number of aryl methyl sites for hydroxylation is 2. The second-order valence-corrected chi connectivity index (χ2v) is 7.17. The van der Waals surface area contributed by atoms with Gasteiger partial charge >= 0.3 is 0 Å². The van der Waals surface area contributed by atoms with Gasteiger partial charge in [-0.2, -0.15) is 0 Å². The predicted octanol–water partition coefficient (Wildman–Crippen LogP) is 5.68. The zero-order valence-corrected chi connectivity index (χ0v) is 15.0. The lowest BCUT2D eigenvalue weighted by Gasteiger charge is -2.32. The van der Waals surface area contributed by atoms with Crippen molar-refractivity contribution in [1.29, 1.82) is 0 Å². The molecule has 1 heteroatoms. The van der Waals surface area contributed by atoms with Gasteiger partial charge in [0.15, 0.2) is 0 Å². The van der Waals surface area contributed by atoms with Crippen LogP contribution in [0.25, 0.3) is 0 Å². The highest BCUT2D eigenvalue weighted by molar-refractivity contribution is 6.16. The van der Waals surface area contributed by atoms with Gasteiger partial charge in [-0.3, -0.25) is 4.99 Å². The maximum Gasteiger partial charge on any atom is 0.0751 e. The standard InChI is InChI=1S/C22H27N/c1-7-20-17(6)21-15(4)11-13(2)12-19(21)22(23-20)18-10-8-9-14(3)16(18)5/h7-8,10-12,14,17,20H,1,9H2,2-6H3/t14-,17?,20?/m0/s1. The average Bonchev–Trinajstić information content (AvgIpc) is 2.50. The number of hydrogen-bond acceptors (Lipinski definition) is 1. The number of fused-ring (bicyclic) bond motifs is 1. The van der Waals surface area contributed by atoms with Crippen molar-refractivity contribution in [3.8, 4) is 0 Å². The number of hydrogen-bond donors (Lipinski definition) is 0. The summed E-state index contributed by atoms with van der Waals surface area (Å²) in [5, 5.41) is 0. The zero-order valence-electron chi connectivity index (χ0n) is 15.0. The van der Waals surface area contributed by atoms with Crippen molar-refractivity contribution in [1.82, 2.24) is 0 Å². The van der Waals surface area contributed by atoms with E-state index >= 15 is 0 Å². The van der Waals surface area contributed by atoms with Crippen molar-refractivity contribution in [3.05, 3.63) is 70.3 Å². The lowest BCUT2D eigenvalue weighted by atomic mass is 9.77. The molecule has 2 aliphatic rings. The summed E-state index contributed by atoms with van der Waals surface area (Å²) in [6.07, 6.45) is 7.69. The van der Waals surface area contributed by atoms with Crippen LogP contribution < -0.4 is 0 Å². The van der Waals surface area contributed by atoms with Crippen LogP contribution >= 0.6 is 0 Å². The molecule has 0 saturated heterocycles. The first-order chi connectivity index (χ1) is 10.9. The van der Waals surface area contributed by atoms with Gasteiger partial charge in [0.1, 0.15) is 0 Å². The first-order valence-electron chi connectivity index (χ1n) is 8.63. The molecule has 0 radical (unpaired) electrons. The van der Waals surface area contributed by atoms with Gasteiger partial charge in [0.05, 0.1) is 11.8 Å². The minimum atomic E-state index is 0.157. The molecule has 3 atom stereocenters. The summed E-state index contributed by atoms with van der Waals surface area (Å²) >= 11 is 0. The van der Waals surface area contributed by atoms with Gasteiger partial charge in [-0.25, -0.2) is 0 Å². The SMILES string of the molecule is C=CC1N=C(C2=C(C)[C@@H](C)CC=C2)c2cc(C)cc(C)c2C1C. The van der Waals surface area contributed by atoms with Gasteiger partial charge in [0.25, 0.3) is 0 Å². The molecule has 1 aromatic rings. The van der Waals surface area contributed by atoms with Crippen molar-refractivity contribution < 1.29 is 0 Å². The molecule has 1 aliphatic heterocycles. The van der Waals surface area contributed by atoms with Gasteiger partial charge in [-0.1, -0.05) is 49.3 Å². The molecule has 0 aromatic heterocycles. The summed E-state index contributed by atoms with van der Waals surface area (Å²) in [6, 6.07) is 4.76. The van der Waals surface area contributed by atoms with Crippen LogP contribution in [-0.2, 0) is 0 Å². The summed E-state index contributed by atoms with van der Waals surface area (Å²) in [7, 11) is 0. The Labute approximate surface area is 140 Å². The highest BCUT2D eigenvalue weighted by Gasteiger charge is 2.30. The molecule has 0 spiro atoms. The summed E-state index contributed by atoms with van der Waals surface area (Å²) in [5.74, 6) is 0.978. The van der Waals surface area contributed by atoms with Crippen LogP contribution in [0.15, 0.2) is 53.1 Å². The molecule has 0 bridgehead atoms. The highest BCUT2D eigenvalue weighted by Crippen LogP contribution is 2.38. The maximum absolute atomic E-state index is 5.10. The third-order valence-electron chi connectivity index (χ3n) is 5.47. The van der Waals surface area contributed by atoms with Crippen LogP contribution in [0, 0.1) is 19.8 Å². The molecule has 1 aromatic carbocycles. The maximum atomic E-state index is 5.10. The first kappa shape index (κ1) is 16.0. The number of nitrogens with zero attached hydrogens (tertiary/aromatic N) is 1. The summed E-state index contributed by atoms with van der Waals surface area (Å²) in [6.45, 7) is 15.3. The Hall–Kier alpha value is -1.89. The summed E-state index contributed by atoms with van der Waals surface area (Å²) < 4.78 is 0. The lowest BCUT2D eigenvalue weighted by molar-refractivity contribution is 0.648. The molecule has 0 amide bonds. The van der Waals surface area contributed by atoms with E-state index in [0.29, 0.717) is 11.8 Å². The lowest BCUT2D eigenvalue weighted by Crippen LogP contribution is -2.26. The quantitative estimate of drug-likeness (QED) is 0.624. The van der Waals surface area contributed by atoms with Crippen LogP contribution in [0.3, 0.4) is 0 Å². The third-order valence-corrected chi connectivity index (χ3v) is 5.47. The Morgan fingerprint density at radius 1 is 1.17 bits per heavy atom. The Bertz CT molecular complexity index is 745. The second kappa shape index (κ2) is 5.96. The molecule has 23 heavy (non-hydrogen) atoms. The second-order valence-electron chi connectivity index (χ2n) is 7.17. The molecule has 1 nitrogen and oxygen atoms in total. The molecule has 0 saturated carbocycles. The minimum absolute atomic E-state index is 0.157. The molecule has 1 heterocycles. The third kappa shape index (κ3) is 2.63. The molecule has 1 aliphatic carbocycles. The molecule has 0 fully saturated rings. The van der Waals surface area contributed by atoms with E-state index in [9.17, 15) is 0 Å². The van der Waals surface area contributed by atoms with E-state index in [1.165, 1.54) is 33.4 Å². The smallest absolute Gasteiger partial charge is 0.0751 e. The van der Waals surface area contributed by atoms with Crippen LogP contribution in [0.4, 0.5) is 0 Å². The van der Waals surface area contributed by atoms with E-state index in [2.05, 4.69) is 65.5 Å². The fourth-order valence-electron chi connectivity index (χ4n) is 3.98. The van der Waals surface area contributed by atoms with Crippen molar-refractivity contribution in [2.24, 2.45) is 10.9 Å². The van der Waals surface area contributed by atoms with E-state index in [-0.39, 0.29) is 6.04 Å². The molecule has 3 rings (SSSR count). The van der Waals surface area contributed by atoms with Crippen molar-refractivity contribution in [2.75, 3.05) is 0 Å². The van der Waals surface area contributed by atoms with Gasteiger partial charge in [0, 0.05) is 11.5 Å². The Kier molecular flexibility index (Phi) is 4.14. The van der Waals surface area contributed by atoms with Gasteiger partial charge in [-0.15, -0.1) is 6.58 Å². The Morgan fingerprint density at radius 2 is 1.91 bits per heavy atom. The average molecular weight is 305 g/mol.